The first-order valence-corrected chi connectivity index (χ1v) is 7.97. The Morgan fingerprint density at radius 1 is 1.43 bits per heavy atom. The molecule has 1 heterocycles. The second-order valence-corrected chi connectivity index (χ2v) is 6.54. The van der Waals surface area contributed by atoms with Gasteiger partial charge in [0.15, 0.2) is 0 Å². The molecule has 6 heteroatoms. The highest BCUT2D eigenvalue weighted by atomic mass is 35.5. The highest BCUT2D eigenvalue weighted by Gasteiger charge is 2.42. The molecule has 1 atom stereocenters. The third-order valence-electron chi connectivity index (χ3n) is 4.46. The van der Waals surface area contributed by atoms with Gasteiger partial charge in [0.1, 0.15) is 6.10 Å². The molecule has 2 rings (SSSR count). The summed E-state index contributed by atoms with van der Waals surface area (Å²) in [6, 6.07) is 0. The van der Waals surface area contributed by atoms with Crippen molar-refractivity contribution in [2.75, 3.05) is 27.7 Å². The van der Waals surface area contributed by atoms with Crippen molar-refractivity contribution in [1.29, 1.82) is 0 Å². The van der Waals surface area contributed by atoms with Gasteiger partial charge in [0, 0.05) is 13.7 Å². The molecular weight excluding hydrogens is 290 g/mol. The van der Waals surface area contributed by atoms with Crippen molar-refractivity contribution >= 4 is 11.6 Å². The van der Waals surface area contributed by atoms with Gasteiger partial charge in [0.25, 0.3) is 0 Å². The average molecular weight is 316 g/mol. The normalized spacial score (nSPS) is 19.9. The molecule has 21 heavy (non-hydrogen) atoms. The summed E-state index contributed by atoms with van der Waals surface area (Å²) in [7, 11) is 5.71. The summed E-state index contributed by atoms with van der Waals surface area (Å²) in [5.74, 6) is 0. The standard InChI is InChI=1S/C15H26ClN3O2/c1-18(2)9-10-19-13(12(16)11-17-19)14(20)15(21-3)7-5-4-6-8-15/h11,14,20H,4-10H2,1-3H3. The Balaban J connectivity index is 2.24. The van der Waals surface area contributed by atoms with Crippen LogP contribution in [0.5, 0.6) is 0 Å². The third-order valence-corrected chi connectivity index (χ3v) is 4.75. The van der Waals surface area contributed by atoms with Crippen LogP contribution < -0.4 is 0 Å². The molecule has 1 saturated carbocycles. The Labute approximate surface area is 131 Å². The summed E-state index contributed by atoms with van der Waals surface area (Å²) in [5.41, 5.74) is 0.153. The lowest BCUT2D eigenvalue weighted by Crippen LogP contribution is -2.41. The fourth-order valence-corrected chi connectivity index (χ4v) is 3.35. The van der Waals surface area contributed by atoms with Gasteiger partial charge in [0.2, 0.25) is 0 Å². The van der Waals surface area contributed by atoms with E-state index in [0.717, 1.165) is 32.2 Å². The van der Waals surface area contributed by atoms with Gasteiger partial charge < -0.3 is 14.7 Å². The number of rotatable bonds is 6. The van der Waals surface area contributed by atoms with E-state index in [2.05, 4.69) is 10.00 Å². The van der Waals surface area contributed by atoms with Gasteiger partial charge in [0.05, 0.1) is 29.1 Å². The number of methoxy groups -OCH3 is 1. The van der Waals surface area contributed by atoms with Crippen LogP contribution in [0.25, 0.3) is 0 Å². The van der Waals surface area contributed by atoms with E-state index in [4.69, 9.17) is 16.3 Å². The fraction of sp³-hybridized carbons (Fsp3) is 0.800. The maximum Gasteiger partial charge on any atom is 0.126 e. The zero-order chi connectivity index (χ0) is 15.5. The van der Waals surface area contributed by atoms with Crippen LogP contribution in [-0.4, -0.2) is 53.1 Å². The van der Waals surface area contributed by atoms with Crippen molar-refractivity contribution in [1.82, 2.24) is 14.7 Å². The first-order chi connectivity index (χ1) is 10.00. The lowest BCUT2D eigenvalue weighted by molar-refractivity contribution is -0.127. The Morgan fingerprint density at radius 2 is 2.10 bits per heavy atom. The van der Waals surface area contributed by atoms with E-state index < -0.39 is 11.7 Å². The topological polar surface area (TPSA) is 50.5 Å². The third kappa shape index (κ3) is 3.59. The molecule has 0 saturated heterocycles. The first-order valence-electron chi connectivity index (χ1n) is 7.59. The molecular formula is C15H26ClN3O2. The second-order valence-electron chi connectivity index (χ2n) is 6.14. The second kappa shape index (κ2) is 7.09. The van der Waals surface area contributed by atoms with Gasteiger partial charge >= 0.3 is 0 Å². The first kappa shape index (κ1) is 16.7. The van der Waals surface area contributed by atoms with E-state index in [0.29, 0.717) is 17.3 Å². The van der Waals surface area contributed by atoms with Crippen LogP contribution in [0.15, 0.2) is 6.20 Å². The Morgan fingerprint density at radius 3 is 2.67 bits per heavy atom. The lowest BCUT2D eigenvalue weighted by atomic mass is 9.79. The van der Waals surface area contributed by atoms with Crippen molar-refractivity contribution in [2.45, 2.75) is 50.4 Å². The van der Waals surface area contributed by atoms with E-state index in [1.54, 1.807) is 13.3 Å². The Bertz CT molecular complexity index is 456. The number of hydrogen-bond acceptors (Lipinski definition) is 4. The van der Waals surface area contributed by atoms with Crippen LogP contribution in [0.3, 0.4) is 0 Å². The molecule has 1 aliphatic carbocycles. The molecule has 0 bridgehead atoms. The van der Waals surface area contributed by atoms with Crippen molar-refractivity contribution in [3.63, 3.8) is 0 Å². The van der Waals surface area contributed by atoms with Crippen LogP contribution >= 0.6 is 11.6 Å². The van der Waals surface area contributed by atoms with Crippen LogP contribution in [-0.2, 0) is 11.3 Å². The minimum atomic E-state index is -0.736. The average Bonchev–Trinajstić information content (AvgIpc) is 2.86. The Hall–Kier alpha value is -0.620. The molecule has 0 aliphatic heterocycles. The van der Waals surface area contributed by atoms with Gasteiger partial charge in [-0.2, -0.15) is 5.10 Å². The number of aliphatic hydroxyl groups excluding tert-OH is 1. The number of halogens is 1. The molecule has 1 aromatic rings. The fourth-order valence-electron chi connectivity index (χ4n) is 3.11. The molecule has 1 aliphatic rings. The molecule has 0 amide bonds. The summed E-state index contributed by atoms with van der Waals surface area (Å²) in [6.07, 6.45) is 5.95. The maximum absolute atomic E-state index is 10.9. The van der Waals surface area contributed by atoms with Crippen molar-refractivity contribution in [3.05, 3.63) is 16.9 Å². The van der Waals surface area contributed by atoms with Gasteiger partial charge in [-0.1, -0.05) is 30.9 Å². The maximum atomic E-state index is 10.9. The molecule has 1 fully saturated rings. The minimum Gasteiger partial charge on any atom is -0.384 e. The van der Waals surface area contributed by atoms with Crippen molar-refractivity contribution < 1.29 is 9.84 Å². The number of hydrogen-bond donors (Lipinski definition) is 1. The zero-order valence-corrected chi connectivity index (χ0v) is 13.9. The zero-order valence-electron chi connectivity index (χ0n) is 13.2. The van der Waals surface area contributed by atoms with Crippen molar-refractivity contribution in [3.8, 4) is 0 Å². The highest BCUT2D eigenvalue weighted by molar-refractivity contribution is 6.31. The van der Waals surface area contributed by atoms with Gasteiger partial charge in [-0.3, -0.25) is 4.68 Å². The van der Waals surface area contributed by atoms with Crippen LogP contribution in [0, 0.1) is 0 Å². The predicted molar refractivity (Wildman–Crippen MR) is 83.6 cm³/mol. The molecule has 1 N–H and O–H groups in total. The molecule has 0 radical (unpaired) electrons. The van der Waals surface area contributed by atoms with E-state index in [1.165, 1.54) is 6.42 Å². The molecule has 1 unspecified atom stereocenters. The summed E-state index contributed by atoms with van der Waals surface area (Å²) in [6.45, 7) is 1.55. The van der Waals surface area contributed by atoms with E-state index in [-0.39, 0.29) is 0 Å². The largest absolute Gasteiger partial charge is 0.384 e. The van der Waals surface area contributed by atoms with E-state index in [9.17, 15) is 5.11 Å². The monoisotopic (exact) mass is 315 g/mol. The minimum absolute atomic E-state index is 0.517. The number of aliphatic hydroxyl groups is 1. The van der Waals surface area contributed by atoms with Crippen LogP contribution in [0.1, 0.15) is 43.9 Å². The smallest absolute Gasteiger partial charge is 0.126 e. The lowest BCUT2D eigenvalue weighted by Gasteiger charge is -2.40. The number of ether oxygens (including phenoxy) is 1. The van der Waals surface area contributed by atoms with Gasteiger partial charge in [-0.05, 0) is 26.9 Å². The van der Waals surface area contributed by atoms with E-state index in [1.807, 2.05) is 18.8 Å². The highest BCUT2D eigenvalue weighted by Crippen LogP contribution is 2.42. The van der Waals surface area contributed by atoms with Crippen LogP contribution in [0.4, 0.5) is 0 Å². The SMILES string of the molecule is COC1(C(O)c2c(Cl)cnn2CCN(C)C)CCCCC1. The molecule has 5 nitrogen and oxygen atoms in total. The number of nitrogens with zero attached hydrogens (tertiary/aromatic N) is 3. The summed E-state index contributed by atoms with van der Waals surface area (Å²) in [4.78, 5) is 2.08. The quantitative estimate of drug-likeness (QED) is 0.876. The Kier molecular flexibility index (Phi) is 5.66. The summed E-state index contributed by atoms with van der Waals surface area (Å²) < 4.78 is 7.55. The summed E-state index contributed by atoms with van der Waals surface area (Å²) >= 11 is 6.28. The summed E-state index contributed by atoms with van der Waals surface area (Å²) in [5, 5.41) is 15.8. The van der Waals surface area contributed by atoms with Gasteiger partial charge in [-0.15, -0.1) is 0 Å². The van der Waals surface area contributed by atoms with Crippen LogP contribution in [0.2, 0.25) is 5.02 Å². The van der Waals surface area contributed by atoms with Gasteiger partial charge in [-0.25, -0.2) is 0 Å². The molecule has 1 aromatic heterocycles. The number of aromatic nitrogens is 2. The van der Waals surface area contributed by atoms with Crippen molar-refractivity contribution in [2.24, 2.45) is 0 Å². The molecule has 0 spiro atoms. The predicted octanol–water partition coefficient (Wildman–Crippen LogP) is 2.48. The molecule has 0 aromatic carbocycles. The molecule has 120 valence electrons. The van der Waals surface area contributed by atoms with E-state index >= 15 is 0 Å². The number of likely N-dealkylation sites (N-methyl/N-ethyl adjacent to an activating group) is 1.